The molecule has 1 amide bonds. The van der Waals surface area contributed by atoms with Crippen molar-refractivity contribution in [3.63, 3.8) is 0 Å². The Kier molecular flexibility index (Phi) is 8.32. The number of esters is 1. The highest BCUT2D eigenvalue weighted by Crippen LogP contribution is 2.37. The predicted octanol–water partition coefficient (Wildman–Crippen LogP) is 7.15. The molecule has 5 aromatic rings. The normalized spacial score (nSPS) is 11.0. The van der Waals surface area contributed by atoms with Crippen LogP contribution in [0.15, 0.2) is 94.5 Å². The van der Waals surface area contributed by atoms with Crippen molar-refractivity contribution in [2.45, 2.75) is 0 Å². The number of aromatic nitrogens is 1. The highest BCUT2D eigenvalue weighted by atomic mass is 79.9. The molecule has 0 saturated carbocycles. The van der Waals surface area contributed by atoms with Crippen LogP contribution in [0.2, 0.25) is 5.02 Å². The number of rotatable bonds is 8. The molecule has 0 unspecified atom stereocenters. The van der Waals surface area contributed by atoms with Crippen LogP contribution in [-0.4, -0.2) is 35.1 Å². The van der Waals surface area contributed by atoms with Gasteiger partial charge in [-0.3, -0.25) is 14.9 Å². The summed E-state index contributed by atoms with van der Waals surface area (Å²) in [6.45, 7) is 0. The number of amides is 1. The van der Waals surface area contributed by atoms with E-state index in [0.29, 0.717) is 27.4 Å². The largest absolute Gasteiger partial charge is 0.493 e. The van der Waals surface area contributed by atoms with Crippen molar-refractivity contribution < 1.29 is 24.0 Å². The first-order valence-corrected chi connectivity index (χ1v) is 13.5. The first-order chi connectivity index (χ1) is 20.2. The number of hydrazone groups is 1. The maximum atomic E-state index is 13.3. The van der Waals surface area contributed by atoms with Gasteiger partial charge in [-0.25, -0.2) is 10.2 Å². The van der Waals surface area contributed by atoms with Gasteiger partial charge in [0.15, 0.2) is 11.5 Å². The summed E-state index contributed by atoms with van der Waals surface area (Å²) in [5.41, 5.74) is 5.47. The maximum absolute atomic E-state index is 13.3. The Bertz CT molecular complexity index is 1870. The Labute approximate surface area is 252 Å². The van der Waals surface area contributed by atoms with Crippen molar-refractivity contribution in [1.82, 2.24) is 10.4 Å². The zero-order chi connectivity index (χ0) is 29.8. The standard InChI is InChI=1S/C30H20BrClN4O6/c1-41-26-14-17(6-13-25(26)42-30(38)18-7-10-20(11-8-18)36(39)40)16-33-35-29(37)28-27(21-4-2-3-5-23(21)32)22-15-19(31)9-12-24(22)34-28/h2-16,34H,1H3,(H,35,37). The summed E-state index contributed by atoms with van der Waals surface area (Å²) in [5.74, 6) is -0.816. The molecule has 0 atom stereocenters. The number of aromatic amines is 1. The van der Waals surface area contributed by atoms with Crippen LogP contribution in [-0.2, 0) is 0 Å². The highest BCUT2D eigenvalue weighted by molar-refractivity contribution is 9.10. The Morgan fingerprint density at radius 1 is 1.02 bits per heavy atom. The summed E-state index contributed by atoms with van der Waals surface area (Å²) in [6.07, 6.45) is 1.41. The molecule has 0 spiro atoms. The lowest BCUT2D eigenvalue weighted by atomic mass is 10.0. The average Bonchev–Trinajstić information content (AvgIpc) is 3.36. The third kappa shape index (κ3) is 6.02. The van der Waals surface area contributed by atoms with E-state index in [-0.39, 0.29) is 22.7 Å². The second-order valence-corrected chi connectivity index (χ2v) is 10.2. The molecule has 0 radical (unpaired) electrons. The van der Waals surface area contributed by atoms with Crippen LogP contribution in [0.3, 0.4) is 0 Å². The lowest BCUT2D eigenvalue weighted by molar-refractivity contribution is -0.384. The molecule has 0 aliphatic carbocycles. The Morgan fingerprint density at radius 2 is 1.79 bits per heavy atom. The number of carbonyl (C=O) groups is 2. The molecule has 4 aromatic carbocycles. The topological polar surface area (TPSA) is 136 Å². The third-order valence-electron chi connectivity index (χ3n) is 6.21. The van der Waals surface area contributed by atoms with E-state index in [4.69, 9.17) is 21.1 Å². The van der Waals surface area contributed by atoms with Crippen molar-refractivity contribution in [2.75, 3.05) is 7.11 Å². The fourth-order valence-electron chi connectivity index (χ4n) is 4.23. The number of non-ortho nitro benzene ring substituents is 1. The Hall–Kier alpha value is -5.00. The SMILES string of the molecule is COc1cc(C=NNC(=O)c2[nH]c3ccc(Br)cc3c2-c2ccccc2Cl)ccc1OC(=O)c1ccc([N+](=O)[O-])cc1. The fourth-order valence-corrected chi connectivity index (χ4v) is 4.82. The van der Waals surface area contributed by atoms with E-state index in [1.54, 1.807) is 18.2 Å². The number of nitrogens with zero attached hydrogens (tertiary/aromatic N) is 2. The Morgan fingerprint density at radius 3 is 2.50 bits per heavy atom. The number of methoxy groups -OCH3 is 1. The summed E-state index contributed by atoms with van der Waals surface area (Å²) in [6, 6.07) is 22.6. The number of carbonyl (C=O) groups excluding carboxylic acids is 2. The molecule has 5 rings (SSSR count). The van der Waals surface area contributed by atoms with Crippen molar-refractivity contribution in [2.24, 2.45) is 5.10 Å². The molecule has 42 heavy (non-hydrogen) atoms. The number of nitro benzene ring substituents is 1. The van der Waals surface area contributed by atoms with Gasteiger partial charge in [0.2, 0.25) is 0 Å². The van der Waals surface area contributed by atoms with Crippen molar-refractivity contribution in [3.8, 4) is 22.6 Å². The zero-order valence-electron chi connectivity index (χ0n) is 21.8. The molecule has 12 heteroatoms. The van der Waals surface area contributed by atoms with E-state index in [1.807, 2.05) is 36.4 Å². The van der Waals surface area contributed by atoms with Gasteiger partial charge >= 0.3 is 5.97 Å². The second-order valence-electron chi connectivity index (χ2n) is 8.85. The molecule has 1 heterocycles. The van der Waals surface area contributed by atoms with Gasteiger partial charge in [-0.05, 0) is 60.2 Å². The number of nitrogens with one attached hydrogen (secondary N) is 2. The lowest BCUT2D eigenvalue weighted by Gasteiger charge is -2.10. The highest BCUT2D eigenvalue weighted by Gasteiger charge is 2.21. The van der Waals surface area contributed by atoms with Gasteiger partial charge in [0, 0.05) is 43.7 Å². The molecular formula is C30H20BrClN4O6. The average molecular weight is 648 g/mol. The fraction of sp³-hybridized carbons (Fsp3) is 0.0333. The van der Waals surface area contributed by atoms with Crippen molar-refractivity contribution >= 4 is 62.2 Å². The summed E-state index contributed by atoms with van der Waals surface area (Å²) < 4.78 is 11.6. The van der Waals surface area contributed by atoms with Crippen LogP contribution in [0.5, 0.6) is 11.5 Å². The number of H-pyrrole nitrogens is 1. The number of ether oxygens (including phenoxy) is 2. The second kappa shape index (κ2) is 12.2. The summed E-state index contributed by atoms with van der Waals surface area (Å²) in [7, 11) is 1.41. The number of nitro groups is 1. The van der Waals surface area contributed by atoms with E-state index in [9.17, 15) is 19.7 Å². The molecule has 0 aliphatic heterocycles. The summed E-state index contributed by atoms with van der Waals surface area (Å²) in [5, 5.41) is 16.2. The van der Waals surface area contributed by atoms with Crippen molar-refractivity contribution in [3.05, 3.63) is 121 Å². The minimum absolute atomic E-state index is 0.135. The summed E-state index contributed by atoms with van der Waals surface area (Å²) >= 11 is 9.98. The van der Waals surface area contributed by atoms with Gasteiger partial charge in [-0.1, -0.05) is 45.7 Å². The van der Waals surface area contributed by atoms with Gasteiger partial charge in [-0.15, -0.1) is 0 Å². The molecule has 10 nitrogen and oxygen atoms in total. The van der Waals surface area contributed by atoms with Crippen LogP contribution in [0.25, 0.3) is 22.0 Å². The number of benzene rings is 4. The van der Waals surface area contributed by atoms with E-state index in [1.165, 1.54) is 43.7 Å². The lowest BCUT2D eigenvalue weighted by Crippen LogP contribution is -2.19. The molecule has 1 aromatic heterocycles. The van der Waals surface area contributed by atoms with Gasteiger partial charge in [-0.2, -0.15) is 5.10 Å². The van der Waals surface area contributed by atoms with Crippen molar-refractivity contribution in [1.29, 1.82) is 0 Å². The van der Waals surface area contributed by atoms with E-state index in [2.05, 4.69) is 31.4 Å². The molecule has 0 bridgehead atoms. The summed E-state index contributed by atoms with van der Waals surface area (Å²) in [4.78, 5) is 39.2. The van der Waals surface area contributed by atoms with Crippen LogP contribution in [0.4, 0.5) is 5.69 Å². The quantitative estimate of drug-likeness (QED) is 0.0604. The molecule has 2 N–H and O–H groups in total. The van der Waals surface area contributed by atoms with E-state index < -0.39 is 16.8 Å². The molecular weight excluding hydrogens is 628 g/mol. The molecule has 0 saturated heterocycles. The molecule has 210 valence electrons. The third-order valence-corrected chi connectivity index (χ3v) is 7.04. The predicted molar refractivity (Wildman–Crippen MR) is 163 cm³/mol. The minimum Gasteiger partial charge on any atom is -0.493 e. The van der Waals surface area contributed by atoms with Gasteiger partial charge < -0.3 is 14.5 Å². The van der Waals surface area contributed by atoms with Gasteiger partial charge in [0.1, 0.15) is 5.69 Å². The first kappa shape index (κ1) is 28.5. The van der Waals surface area contributed by atoms with E-state index >= 15 is 0 Å². The van der Waals surface area contributed by atoms with Gasteiger partial charge in [0.05, 0.1) is 23.8 Å². The monoisotopic (exact) mass is 646 g/mol. The molecule has 0 fully saturated rings. The maximum Gasteiger partial charge on any atom is 0.343 e. The number of hydrogen-bond donors (Lipinski definition) is 2. The number of hydrogen-bond acceptors (Lipinski definition) is 7. The smallest absolute Gasteiger partial charge is 0.343 e. The van der Waals surface area contributed by atoms with E-state index in [0.717, 1.165) is 15.4 Å². The van der Waals surface area contributed by atoms with Crippen LogP contribution >= 0.6 is 27.5 Å². The first-order valence-electron chi connectivity index (χ1n) is 12.3. The molecule has 0 aliphatic rings. The zero-order valence-corrected chi connectivity index (χ0v) is 24.1. The number of halogens is 2. The van der Waals surface area contributed by atoms with Gasteiger partial charge in [0.25, 0.3) is 11.6 Å². The minimum atomic E-state index is -0.712. The Balaban J connectivity index is 1.34. The van der Waals surface area contributed by atoms with Crippen LogP contribution < -0.4 is 14.9 Å². The van der Waals surface area contributed by atoms with Crippen LogP contribution in [0, 0.1) is 10.1 Å². The number of fused-ring (bicyclic) bond motifs is 1. The van der Waals surface area contributed by atoms with Crippen LogP contribution in [0.1, 0.15) is 26.4 Å².